The largest absolute Gasteiger partial charge is 0.380 e. The molecule has 0 unspecified atom stereocenters. The lowest BCUT2D eigenvalue weighted by molar-refractivity contribution is 0.0680. The van der Waals surface area contributed by atoms with Gasteiger partial charge in [-0.25, -0.2) is 9.97 Å². The van der Waals surface area contributed by atoms with E-state index in [4.69, 9.17) is 38.8 Å². The first-order valence-corrected chi connectivity index (χ1v) is 21.4. The number of ether oxygens (including phenoxy) is 1. The van der Waals surface area contributed by atoms with Crippen molar-refractivity contribution in [3.63, 3.8) is 0 Å². The molecule has 63 heavy (non-hydrogen) atoms. The van der Waals surface area contributed by atoms with Crippen LogP contribution in [0.1, 0.15) is 55.8 Å². The summed E-state index contributed by atoms with van der Waals surface area (Å²) >= 11 is 11.7. The van der Waals surface area contributed by atoms with Gasteiger partial charge in [0.2, 0.25) is 0 Å². The van der Waals surface area contributed by atoms with E-state index in [0.717, 1.165) is 72.6 Å². The highest BCUT2D eigenvalue weighted by Gasteiger charge is 2.18. The van der Waals surface area contributed by atoms with E-state index in [2.05, 4.69) is 36.1 Å². The number of likely N-dealkylation sites (tertiary alicyclic amines) is 1. The number of amides is 2. The second-order valence-corrected chi connectivity index (χ2v) is 15.7. The normalized spacial score (nSPS) is 13.3. The van der Waals surface area contributed by atoms with Crippen molar-refractivity contribution < 1.29 is 14.3 Å². The SMILES string of the molecule is N=C(c1ccc(CNc2ccccc2C(=O)Nc2ccc(Cl)cn2)cc1)N1CCCC1.N=C(c1ccc(CNc2ccccc2C(=O)Nc2ccc(Cl)cn2)cc1)N1CCOCC1. The van der Waals surface area contributed by atoms with Crippen molar-refractivity contribution in [3.05, 3.63) is 177 Å². The van der Waals surface area contributed by atoms with Gasteiger partial charge in [0.15, 0.2) is 0 Å². The lowest BCUT2D eigenvalue weighted by Gasteiger charge is -2.29. The molecule has 15 heteroatoms. The number of anilines is 4. The van der Waals surface area contributed by atoms with E-state index in [1.54, 1.807) is 36.4 Å². The van der Waals surface area contributed by atoms with Gasteiger partial charge in [-0.1, -0.05) is 96.0 Å². The summed E-state index contributed by atoms with van der Waals surface area (Å²) in [7, 11) is 0. The summed E-state index contributed by atoms with van der Waals surface area (Å²) in [4.78, 5) is 37.8. The maximum Gasteiger partial charge on any atom is 0.258 e. The van der Waals surface area contributed by atoms with Crippen LogP contribution in [0.2, 0.25) is 10.0 Å². The van der Waals surface area contributed by atoms with Gasteiger partial charge in [-0.15, -0.1) is 0 Å². The maximum atomic E-state index is 12.7. The van der Waals surface area contributed by atoms with E-state index in [1.807, 2.05) is 89.8 Å². The molecule has 0 bridgehead atoms. The Morgan fingerprint density at radius 2 is 0.968 bits per heavy atom. The summed E-state index contributed by atoms with van der Waals surface area (Å²) in [6.07, 6.45) is 5.30. The molecular formula is C48H48Cl2N10O3. The Morgan fingerprint density at radius 1 is 0.556 bits per heavy atom. The molecule has 0 aliphatic carbocycles. The van der Waals surface area contributed by atoms with E-state index in [9.17, 15) is 9.59 Å². The van der Waals surface area contributed by atoms with Crippen molar-refractivity contribution in [3.8, 4) is 0 Å². The summed E-state index contributed by atoms with van der Waals surface area (Å²) in [5.41, 5.74) is 6.46. The molecule has 322 valence electrons. The highest BCUT2D eigenvalue weighted by molar-refractivity contribution is 6.30. The average molecular weight is 884 g/mol. The molecule has 0 radical (unpaired) electrons. The van der Waals surface area contributed by atoms with Gasteiger partial charge in [0, 0.05) is 74.2 Å². The monoisotopic (exact) mass is 882 g/mol. The van der Waals surface area contributed by atoms with Crippen LogP contribution in [0, 0.1) is 10.8 Å². The maximum absolute atomic E-state index is 12.7. The number of hydrogen-bond acceptors (Lipinski definition) is 9. The Labute approximate surface area is 376 Å². The molecule has 8 rings (SSSR count). The van der Waals surface area contributed by atoms with Crippen molar-refractivity contribution >= 4 is 69.7 Å². The van der Waals surface area contributed by atoms with Gasteiger partial charge in [-0.2, -0.15) is 0 Å². The van der Waals surface area contributed by atoms with Crippen LogP contribution in [0.15, 0.2) is 134 Å². The van der Waals surface area contributed by atoms with Gasteiger partial charge in [-0.05, 0) is 72.5 Å². The molecule has 4 heterocycles. The predicted molar refractivity (Wildman–Crippen MR) is 252 cm³/mol. The van der Waals surface area contributed by atoms with Gasteiger partial charge in [0.1, 0.15) is 23.3 Å². The number of carbonyl (C=O) groups is 2. The topological polar surface area (TPSA) is 171 Å². The Hall–Kier alpha value is -6.80. The van der Waals surface area contributed by atoms with Crippen LogP contribution in [-0.2, 0) is 17.8 Å². The third-order valence-corrected chi connectivity index (χ3v) is 10.9. The minimum Gasteiger partial charge on any atom is -0.380 e. The van der Waals surface area contributed by atoms with Gasteiger partial charge in [-0.3, -0.25) is 20.4 Å². The zero-order chi connectivity index (χ0) is 44.0. The van der Waals surface area contributed by atoms with Crippen LogP contribution < -0.4 is 21.3 Å². The first-order valence-electron chi connectivity index (χ1n) is 20.6. The van der Waals surface area contributed by atoms with E-state index in [-0.39, 0.29) is 11.8 Å². The zero-order valence-electron chi connectivity index (χ0n) is 34.5. The molecule has 2 aromatic heterocycles. The summed E-state index contributed by atoms with van der Waals surface area (Å²) in [6.45, 7) is 5.85. The van der Waals surface area contributed by atoms with E-state index in [0.29, 0.717) is 70.8 Å². The summed E-state index contributed by atoms with van der Waals surface area (Å²) in [5.74, 6) is 1.50. The Balaban J connectivity index is 0.000000189. The standard InChI is InChI=1S/C24H24ClN5O2.C24H24ClN5O/c25-19-9-10-22(28-16-19)29-24(31)20-3-1-2-4-21(20)27-15-17-5-7-18(8-6-17)23(26)30-11-13-32-14-12-30;25-19-11-12-22(28-16-19)29-24(31)20-5-1-2-6-21(20)27-15-17-7-9-18(10-8-17)23(26)30-13-3-4-14-30/h1-10,16,26-27H,11-15H2,(H,28,29,31);1-2,5-12,16,26-27H,3-4,13-15H2,(H,28,29,31). The molecule has 2 fully saturated rings. The molecule has 13 nitrogen and oxygen atoms in total. The lowest BCUT2D eigenvalue weighted by atomic mass is 10.1. The van der Waals surface area contributed by atoms with Crippen molar-refractivity contribution in [2.24, 2.45) is 0 Å². The lowest BCUT2D eigenvalue weighted by Crippen LogP contribution is -2.40. The molecule has 6 aromatic rings. The number of hydrogen-bond donors (Lipinski definition) is 6. The van der Waals surface area contributed by atoms with Gasteiger partial charge in [0.05, 0.1) is 34.4 Å². The first-order chi connectivity index (χ1) is 30.7. The molecule has 0 saturated carbocycles. The zero-order valence-corrected chi connectivity index (χ0v) is 36.1. The van der Waals surface area contributed by atoms with Crippen LogP contribution in [0.25, 0.3) is 0 Å². The predicted octanol–water partition coefficient (Wildman–Crippen LogP) is 9.28. The Kier molecular flexibility index (Phi) is 15.3. The fourth-order valence-electron chi connectivity index (χ4n) is 6.99. The molecule has 2 amide bonds. The number of nitrogens with one attached hydrogen (secondary N) is 6. The molecule has 6 N–H and O–H groups in total. The number of benzene rings is 4. The number of para-hydroxylation sites is 2. The fraction of sp³-hybridized carbons (Fsp3) is 0.208. The van der Waals surface area contributed by atoms with Crippen LogP contribution in [-0.4, -0.2) is 82.6 Å². The van der Waals surface area contributed by atoms with Gasteiger partial charge >= 0.3 is 0 Å². The molecule has 0 atom stereocenters. The smallest absolute Gasteiger partial charge is 0.258 e. The number of carbonyl (C=O) groups excluding carboxylic acids is 2. The number of aromatic nitrogens is 2. The Bertz CT molecular complexity index is 2490. The Morgan fingerprint density at radius 3 is 1.38 bits per heavy atom. The molecule has 2 aliphatic heterocycles. The van der Waals surface area contributed by atoms with E-state index < -0.39 is 0 Å². The minimum atomic E-state index is -0.253. The number of pyridine rings is 2. The number of morpholine rings is 1. The van der Waals surface area contributed by atoms with Crippen LogP contribution >= 0.6 is 23.2 Å². The second kappa shape index (κ2) is 21.8. The molecule has 2 aliphatic rings. The van der Waals surface area contributed by atoms with Crippen molar-refractivity contribution in [2.45, 2.75) is 25.9 Å². The summed E-state index contributed by atoms with van der Waals surface area (Å²) in [5, 5.41) is 30.1. The first kappa shape index (κ1) is 44.3. The summed E-state index contributed by atoms with van der Waals surface area (Å²) < 4.78 is 5.36. The second-order valence-electron chi connectivity index (χ2n) is 14.8. The van der Waals surface area contributed by atoms with E-state index >= 15 is 0 Å². The van der Waals surface area contributed by atoms with Crippen LogP contribution in [0.5, 0.6) is 0 Å². The number of halogens is 2. The molecule has 4 aromatic carbocycles. The minimum absolute atomic E-state index is 0.243. The van der Waals surface area contributed by atoms with Crippen molar-refractivity contribution in [2.75, 3.05) is 60.7 Å². The number of rotatable bonds is 12. The van der Waals surface area contributed by atoms with E-state index in [1.165, 1.54) is 12.4 Å². The highest BCUT2D eigenvalue weighted by Crippen LogP contribution is 2.22. The number of nitrogens with zero attached hydrogens (tertiary/aromatic N) is 4. The molecule has 0 spiro atoms. The van der Waals surface area contributed by atoms with Gasteiger partial charge in [0.25, 0.3) is 11.8 Å². The molecule has 2 saturated heterocycles. The third kappa shape index (κ3) is 12.4. The van der Waals surface area contributed by atoms with Crippen molar-refractivity contribution in [1.29, 1.82) is 10.8 Å². The van der Waals surface area contributed by atoms with Crippen LogP contribution in [0.4, 0.5) is 23.0 Å². The average Bonchev–Trinajstić information content (AvgIpc) is 3.88. The van der Waals surface area contributed by atoms with Crippen LogP contribution in [0.3, 0.4) is 0 Å². The number of amidine groups is 2. The molecular weight excluding hydrogens is 836 g/mol. The van der Waals surface area contributed by atoms with Crippen molar-refractivity contribution in [1.82, 2.24) is 19.8 Å². The quantitative estimate of drug-likeness (QED) is 0.0518. The van der Waals surface area contributed by atoms with Gasteiger partial charge < -0.3 is 35.8 Å². The third-order valence-electron chi connectivity index (χ3n) is 10.5. The highest BCUT2D eigenvalue weighted by atomic mass is 35.5. The summed E-state index contributed by atoms with van der Waals surface area (Å²) in [6, 6.07) is 37.3. The fourth-order valence-corrected chi connectivity index (χ4v) is 7.21.